The summed E-state index contributed by atoms with van der Waals surface area (Å²) in [5.74, 6) is 0.260. The molecule has 0 aliphatic heterocycles. The Bertz CT molecular complexity index is 517. The summed E-state index contributed by atoms with van der Waals surface area (Å²) in [6, 6.07) is 0.0255. The van der Waals surface area contributed by atoms with Gasteiger partial charge in [0.15, 0.2) is 0 Å². The van der Waals surface area contributed by atoms with Crippen molar-refractivity contribution in [3.63, 3.8) is 0 Å². The van der Waals surface area contributed by atoms with Crippen LogP contribution in [0.5, 0.6) is 0 Å². The summed E-state index contributed by atoms with van der Waals surface area (Å²) in [6.07, 6.45) is 3.77. The molecule has 0 spiro atoms. The van der Waals surface area contributed by atoms with Gasteiger partial charge in [-0.15, -0.1) is 0 Å². The van der Waals surface area contributed by atoms with Crippen LogP contribution < -0.4 is 11.5 Å². The van der Waals surface area contributed by atoms with E-state index in [1.54, 1.807) is 0 Å². The van der Waals surface area contributed by atoms with E-state index in [0.29, 0.717) is 26.4 Å². The van der Waals surface area contributed by atoms with Crippen molar-refractivity contribution < 1.29 is 18.9 Å². The molecule has 4 unspecified atom stereocenters. The lowest BCUT2D eigenvalue weighted by Gasteiger charge is -2.44. The molecule has 0 radical (unpaired) electrons. The molecule has 6 heteroatoms. The van der Waals surface area contributed by atoms with Gasteiger partial charge in [0.25, 0.3) is 0 Å². The van der Waals surface area contributed by atoms with Crippen molar-refractivity contribution in [3.8, 4) is 0 Å². The van der Waals surface area contributed by atoms with Gasteiger partial charge in [-0.05, 0) is 92.4 Å². The average Bonchev–Trinajstić information content (AvgIpc) is 2.67. The van der Waals surface area contributed by atoms with E-state index in [-0.39, 0.29) is 40.2 Å². The molecular formula is C27H58N2O4. The fourth-order valence-electron chi connectivity index (χ4n) is 4.17. The Kier molecular flexibility index (Phi) is 14.2. The van der Waals surface area contributed by atoms with Crippen LogP contribution in [0.3, 0.4) is 0 Å². The number of hydrogen-bond donors (Lipinski definition) is 2. The molecular weight excluding hydrogens is 416 g/mol. The van der Waals surface area contributed by atoms with E-state index in [1.807, 2.05) is 13.8 Å². The van der Waals surface area contributed by atoms with E-state index in [1.165, 1.54) is 0 Å². The number of rotatable bonds is 19. The lowest BCUT2D eigenvalue weighted by atomic mass is 9.70. The molecule has 0 aliphatic rings. The predicted molar refractivity (Wildman–Crippen MR) is 140 cm³/mol. The van der Waals surface area contributed by atoms with E-state index in [2.05, 4.69) is 62.3 Å². The van der Waals surface area contributed by atoms with Crippen molar-refractivity contribution >= 4 is 0 Å². The van der Waals surface area contributed by atoms with Crippen LogP contribution in [0, 0.1) is 11.3 Å². The van der Waals surface area contributed by atoms with Gasteiger partial charge in [-0.25, -0.2) is 0 Å². The first-order valence-corrected chi connectivity index (χ1v) is 13.0. The number of nitrogens with two attached hydrogens (primary N) is 2. The monoisotopic (exact) mass is 474 g/mol. The second-order valence-electron chi connectivity index (χ2n) is 12.2. The molecule has 200 valence electrons. The standard InChI is InChI=1S/C27H58N2O4/c1-12-14-32-24(6,7)18-27(13-2,20-30-17-23(5)31-16-22(4)28)19-25(8,9)33-15-21(3)26(10,11)29/h21-23H,12-20,28-29H2,1-11H3. The van der Waals surface area contributed by atoms with Crippen LogP contribution in [0.25, 0.3) is 0 Å². The van der Waals surface area contributed by atoms with Crippen molar-refractivity contribution in [2.75, 3.05) is 33.0 Å². The van der Waals surface area contributed by atoms with Crippen molar-refractivity contribution in [3.05, 3.63) is 0 Å². The van der Waals surface area contributed by atoms with Gasteiger partial charge in [0.2, 0.25) is 0 Å². The third kappa shape index (κ3) is 14.7. The third-order valence-corrected chi connectivity index (χ3v) is 6.45. The summed E-state index contributed by atoms with van der Waals surface area (Å²) in [5.41, 5.74) is 11.2. The Balaban J connectivity index is 5.39. The predicted octanol–water partition coefficient (Wildman–Crippen LogP) is 5.31. The number of ether oxygens (including phenoxy) is 4. The lowest BCUT2D eigenvalue weighted by molar-refractivity contribution is -0.122. The van der Waals surface area contributed by atoms with E-state index >= 15 is 0 Å². The van der Waals surface area contributed by atoms with Crippen LogP contribution in [-0.4, -0.2) is 61.9 Å². The zero-order chi connectivity index (χ0) is 25.9. The molecule has 0 aromatic carbocycles. The molecule has 0 rings (SSSR count). The van der Waals surface area contributed by atoms with E-state index in [9.17, 15) is 0 Å². The molecule has 0 aromatic heterocycles. The molecule has 0 saturated heterocycles. The Morgan fingerprint density at radius 3 is 1.79 bits per heavy atom. The van der Waals surface area contributed by atoms with Gasteiger partial charge in [0.1, 0.15) is 0 Å². The second-order valence-corrected chi connectivity index (χ2v) is 12.2. The molecule has 0 fully saturated rings. The van der Waals surface area contributed by atoms with Gasteiger partial charge in [-0.1, -0.05) is 20.8 Å². The molecule has 0 bridgehead atoms. The smallest absolute Gasteiger partial charge is 0.0781 e. The zero-order valence-corrected chi connectivity index (χ0v) is 23.9. The fourth-order valence-corrected chi connectivity index (χ4v) is 4.17. The van der Waals surface area contributed by atoms with Crippen molar-refractivity contribution in [2.24, 2.45) is 22.8 Å². The van der Waals surface area contributed by atoms with Crippen LogP contribution >= 0.6 is 0 Å². The Morgan fingerprint density at radius 2 is 1.33 bits per heavy atom. The molecule has 33 heavy (non-hydrogen) atoms. The highest BCUT2D eigenvalue weighted by Crippen LogP contribution is 2.42. The Labute approximate surface area is 205 Å². The molecule has 6 nitrogen and oxygen atoms in total. The Hall–Kier alpha value is -0.240. The highest BCUT2D eigenvalue weighted by molar-refractivity contribution is 4.92. The third-order valence-electron chi connectivity index (χ3n) is 6.45. The number of hydrogen-bond acceptors (Lipinski definition) is 6. The molecule has 0 amide bonds. The molecule has 0 aliphatic carbocycles. The summed E-state index contributed by atoms with van der Waals surface area (Å²) in [5, 5.41) is 0. The van der Waals surface area contributed by atoms with E-state index in [0.717, 1.165) is 32.3 Å². The second kappa shape index (κ2) is 14.4. The Morgan fingerprint density at radius 1 is 0.788 bits per heavy atom. The van der Waals surface area contributed by atoms with Gasteiger partial charge in [0, 0.05) is 18.2 Å². The van der Waals surface area contributed by atoms with Crippen LogP contribution in [-0.2, 0) is 18.9 Å². The van der Waals surface area contributed by atoms with Crippen molar-refractivity contribution in [1.29, 1.82) is 0 Å². The molecule has 0 saturated carbocycles. The molecule has 4 N–H and O–H groups in total. The van der Waals surface area contributed by atoms with Gasteiger partial charge in [-0.2, -0.15) is 0 Å². The molecule has 0 aromatic rings. The summed E-state index contributed by atoms with van der Waals surface area (Å²) in [7, 11) is 0. The first-order chi connectivity index (χ1) is 15.0. The quantitative estimate of drug-likeness (QED) is 0.264. The largest absolute Gasteiger partial charge is 0.378 e. The summed E-state index contributed by atoms with van der Waals surface area (Å²) in [6.45, 7) is 26.5. The van der Waals surface area contributed by atoms with E-state index < -0.39 is 0 Å². The fraction of sp³-hybridized carbons (Fsp3) is 1.00. The van der Waals surface area contributed by atoms with Crippen LogP contribution in [0.1, 0.15) is 102 Å². The van der Waals surface area contributed by atoms with Gasteiger partial charge in [0.05, 0.1) is 43.7 Å². The van der Waals surface area contributed by atoms with E-state index in [4.69, 9.17) is 30.4 Å². The molecule has 4 atom stereocenters. The zero-order valence-electron chi connectivity index (χ0n) is 23.9. The van der Waals surface area contributed by atoms with Crippen LogP contribution in [0.4, 0.5) is 0 Å². The maximum atomic E-state index is 6.45. The maximum Gasteiger partial charge on any atom is 0.0781 e. The molecule has 0 heterocycles. The average molecular weight is 475 g/mol. The minimum Gasteiger partial charge on any atom is -0.378 e. The summed E-state index contributed by atoms with van der Waals surface area (Å²) < 4.78 is 24.7. The van der Waals surface area contributed by atoms with Crippen LogP contribution in [0.15, 0.2) is 0 Å². The van der Waals surface area contributed by atoms with Crippen molar-refractivity contribution in [1.82, 2.24) is 0 Å². The first kappa shape index (κ1) is 32.8. The normalized spacial score (nSPS) is 18.1. The van der Waals surface area contributed by atoms with Gasteiger partial charge in [-0.3, -0.25) is 0 Å². The SMILES string of the molecule is CCCOC(C)(C)CC(CC)(COCC(C)OCC(C)N)CC(C)(C)OCC(C)C(C)(C)N. The topological polar surface area (TPSA) is 89.0 Å². The lowest BCUT2D eigenvalue weighted by Crippen LogP contribution is -2.46. The first-order valence-electron chi connectivity index (χ1n) is 13.0. The summed E-state index contributed by atoms with van der Waals surface area (Å²) >= 11 is 0. The van der Waals surface area contributed by atoms with Crippen LogP contribution in [0.2, 0.25) is 0 Å². The minimum atomic E-state index is -0.309. The van der Waals surface area contributed by atoms with Gasteiger partial charge >= 0.3 is 0 Å². The highest BCUT2D eigenvalue weighted by atomic mass is 16.5. The highest BCUT2D eigenvalue weighted by Gasteiger charge is 2.41. The minimum absolute atomic E-state index is 0.00630. The van der Waals surface area contributed by atoms with Crippen molar-refractivity contribution in [2.45, 2.75) is 131 Å². The van der Waals surface area contributed by atoms with Gasteiger partial charge < -0.3 is 30.4 Å². The maximum absolute atomic E-state index is 6.45. The summed E-state index contributed by atoms with van der Waals surface area (Å²) in [4.78, 5) is 0.